The summed E-state index contributed by atoms with van der Waals surface area (Å²) >= 11 is 5.10. The summed E-state index contributed by atoms with van der Waals surface area (Å²) < 4.78 is 1.10. The number of aromatic nitrogens is 1. The van der Waals surface area contributed by atoms with E-state index in [4.69, 9.17) is 0 Å². The fraction of sp³-hybridized carbons (Fsp3) is 0.308. The minimum absolute atomic E-state index is 0.270. The molecule has 0 fully saturated rings. The summed E-state index contributed by atoms with van der Waals surface area (Å²) in [7, 11) is 0. The number of pyridine rings is 1. The third kappa shape index (κ3) is 4.22. The highest BCUT2D eigenvalue weighted by molar-refractivity contribution is 9.10. The van der Waals surface area contributed by atoms with E-state index in [1.54, 1.807) is 23.7 Å². The van der Waals surface area contributed by atoms with Crippen LogP contribution in [0.1, 0.15) is 16.9 Å². The molecular formula is C13H14BrNOS. The molecule has 0 aromatic carbocycles. The molecule has 0 amide bonds. The molecule has 2 rings (SSSR count). The van der Waals surface area contributed by atoms with Gasteiger partial charge in [-0.1, -0.05) is 0 Å². The molecule has 0 aliphatic heterocycles. The van der Waals surface area contributed by atoms with E-state index in [2.05, 4.69) is 27.0 Å². The van der Waals surface area contributed by atoms with Crippen LogP contribution in [0, 0.1) is 0 Å². The Kier molecular flexibility index (Phi) is 4.71. The van der Waals surface area contributed by atoms with Crippen molar-refractivity contribution in [3.05, 3.63) is 50.9 Å². The molecule has 2 aromatic heterocycles. The van der Waals surface area contributed by atoms with Crippen molar-refractivity contribution in [2.24, 2.45) is 0 Å². The minimum Gasteiger partial charge on any atom is -0.393 e. The van der Waals surface area contributed by atoms with Crippen LogP contribution in [0.25, 0.3) is 0 Å². The van der Waals surface area contributed by atoms with E-state index in [0.29, 0.717) is 0 Å². The van der Waals surface area contributed by atoms with Gasteiger partial charge in [-0.05, 0) is 52.5 Å². The normalized spacial score (nSPS) is 12.6. The predicted octanol–water partition coefficient (Wildman–Crippen LogP) is 3.44. The van der Waals surface area contributed by atoms with E-state index in [-0.39, 0.29) is 6.10 Å². The summed E-state index contributed by atoms with van der Waals surface area (Å²) in [4.78, 5) is 5.20. The van der Waals surface area contributed by atoms with Crippen LogP contribution in [0.4, 0.5) is 0 Å². The van der Waals surface area contributed by atoms with Crippen molar-refractivity contribution < 1.29 is 5.11 Å². The van der Waals surface area contributed by atoms with Gasteiger partial charge in [0.15, 0.2) is 0 Å². The van der Waals surface area contributed by atoms with E-state index in [9.17, 15) is 5.11 Å². The second-order valence-corrected chi connectivity index (χ2v) is 5.89. The van der Waals surface area contributed by atoms with Crippen LogP contribution < -0.4 is 0 Å². The molecular weight excluding hydrogens is 298 g/mol. The third-order valence-electron chi connectivity index (χ3n) is 2.57. The maximum absolute atomic E-state index is 9.95. The van der Waals surface area contributed by atoms with Crippen LogP contribution in [0.15, 0.2) is 40.4 Å². The smallest absolute Gasteiger partial charge is 0.0591 e. The van der Waals surface area contributed by atoms with Crippen LogP contribution in [0.5, 0.6) is 0 Å². The first kappa shape index (κ1) is 12.7. The van der Waals surface area contributed by atoms with Crippen molar-refractivity contribution in [2.75, 3.05) is 0 Å². The van der Waals surface area contributed by atoms with Gasteiger partial charge in [-0.2, -0.15) is 0 Å². The molecule has 90 valence electrons. The van der Waals surface area contributed by atoms with Crippen molar-refractivity contribution in [1.82, 2.24) is 4.98 Å². The second kappa shape index (κ2) is 6.28. The molecule has 2 heterocycles. The summed E-state index contributed by atoms with van der Waals surface area (Å²) in [5, 5.41) is 12.0. The number of thiophene rings is 1. The molecule has 0 saturated heterocycles. The molecule has 1 unspecified atom stereocenters. The van der Waals surface area contributed by atoms with Crippen LogP contribution in [-0.2, 0) is 12.8 Å². The highest BCUT2D eigenvalue weighted by atomic mass is 79.9. The van der Waals surface area contributed by atoms with Crippen LogP contribution in [-0.4, -0.2) is 16.2 Å². The molecule has 1 atom stereocenters. The minimum atomic E-state index is -0.270. The van der Waals surface area contributed by atoms with Gasteiger partial charge in [-0.3, -0.25) is 4.98 Å². The molecule has 4 heteroatoms. The van der Waals surface area contributed by atoms with Gasteiger partial charge in [0, 0.05) is 33.5 Å². The quantitative estimate of drug-likeness (QED) is 0.917. The SMILES string of the molecule is OC(CCc1ccncc1)Cc1cc(Br)cs1. The number of hydrogen-bond donors (Lipinski definition) is 1. The number of rotatable bonds is 5. The van der Waals surface area contributed by atoms with Crippen molar-refractivity contribution in [3.8, 4) is 0 Å². The second-order valence-electron chi connectivity index (χ2n) is 3.98. The van der Waals surface area contributed by atoms with Crippen LogP contribution in [0.3, 0.4) is 0 Å². The van der Waals surface area contributed by atoms with Gasteiger partial charge < -0.3 is 5.11 Å². The first-order valence-corrected chi connectivity index (χ1v) is 7.21. The Bertz CT molecular complexity index is 457. The summed E-state index contributed by atoms with van der Waals surface area (Å²) in [5.74, 6) is 0. The number of aliphatic hydroxyl groups excluding tert-OH is 1. The van der Waals surface area contributed by atoms with Crippen LogP contribution in [0.2, 0.25) is 0 Å². The average Bonchev–Trinajstić information content (AvgIpc) is 2.73. The van der Waals surface area contributed by atoms with E-state index in [0.717, 1.165) is 23.7 Å². The van der Waals surface area contributed by atoms with E-state index in [1.807, 2.05) is 17.5 Å². The number of nitrogens with zero attached hydrogens (tertiary/aromatic N) is 1. The van der Waals surface area contributed by atoms with Crippen molar-refractivity contribution in [3.63, 3.8) is 0 Å². The Morgan fingerprint density at radius 3 is 2.76 bits per heavy atom. The van der Waals surface area contributed by atoms with Crippen molar-refractivity contribution >= 4 is 27.3 Å². The number of aliphatic hydroxyl groups is 1. The molecule has 0 aliphatic rings. The summed E-state index contributed by atoms with van der Waals surface area (Å²) in [6.07, 6.45) is 5.74. The van der Waals surface area contributed by atoms with Gasteiger partial charge in [0.1, 0.15) is 0 Å². The number of hydrogen-bond acceptors (Lipinski definition) is 3. The lowest BCUT2D eigenvalue weighted by Crippen LogP contribution is -2.10. The topological polar surface area (TPSA) is 33.1 Å². The molecule has 17 heavy (non-hydrogen) atoms. The van der Waals surface area contributed by atoms with Gasteiger partial charge in [0.2, 0.25) is 0 Å². The van der Waals surface area contributed by atoms with Gasteiger partial charge in [0.25, 0.3) is 0 Å². The first-order chi connectivity index (χ1) is 8.24. The lowest BCUT2D eigenvalue weighted by atomic mass is 10.1. The molecule has 0 saturated carbocycles. The zero-order valence-electron chi connectivity index (χ0n) is 9.34. The Morgan fingerprint density at radius 1 is 1.35 bits per heavy atom. The third-order valence-corrected chi connectivity index (χ3v) is 4.29. The zero-order chi connectivity index (χ0) is 12.1. The largest absolute Gasteiger partial charge is 0.393 e. The van der Waals surface area contributed by atoms with Crippen molar-refractivity contribution in [1.29, 1.82) is 0 Å². The van der Waals surface area contributed by atoms with Gasteiger partial charge in [-0.15, -0.1) is 11.3 Å². The molecule has 0 aliphatic carbocycles. The molecule has 2 aromatic rings. The monoisotopic (exact) mass is 311 g/mol. The highest BCUT2D eigenvalue weighted by Crippen LogP contribution is 2.21. The Balaban J connectivity index is 1.80. The lowest BCUT2D eigenvalue weighted by Gasteiger charge is -2.08. The first-order valence-electron chi connectivity index (χ1n) is 5.54. The summed E-state index contributed by atoms with van der Waals surface area (Å²) in [5.41, 5.74) is 1.23. The average molecular weight is 312 g/mol. The fourth-order valence-electron chi connectivity index (χ4n) is 1.68. The molecule has 0 spiro atoms. The Hall–Kier alpha value is -0.710. The zero-order valence-corrected chi connectivity index (χ0v) is 11.7. The van der Waals surface area contributed by atoms with Crippen LogP contribution >= 0.6 is 27.3 Å². The fourth-order valence-corrected chi connectivity index (χ4v) is 3.20. The Labute approximate surface area is 113 Å². The van der Waals surface area contributed by atoms with E-state index < -0.39 is 0 Å². The van der Waals surface area contributed by atoms with Gasteiger partial charge in [-0.25, -0.2) is 0 Å². The number of aryl methyl sites for hydroxylation is 1. The van der Waals surface area contributed by atoms with Gasteiger partial charge >= 0.3 is 0 Å². The predicted molar refractivity (Wildman–Crippen MR) is 74.3 cm³/mol. The van der Waals surface area contributed by atoms with Crippen molar-refractivity contribution in [2.45, 2.75) is 25.4 Å². The highest BCUT2D eigenvalue weighted by Gasteiger charge is 2.07. The lowest BCUT2D eigenvalue weighted by molar-refractivity contribution is 0.166. The van der Waals surface area contributed by atoms with Gasteiger partial charge in [0.05, 0.1) is 6.10 Å². The van der Waals surface area contributed by atoms with E-state index in [1.165, 1.54) is 10.4 Å². The molecule has 1 N–H and O–H groups in total. The Morgan fingerprint density at radius 2 is 2.12 bits per heavy atom. The number of halogens is 1. The van der Waals surface area contributed by atoms with E-state index >= 15 is 0 Å². The standard InChI is InChI=1S/C13H14BrNOS/c14-11-7-13(17-9-11)8-12(16)2-1-10-3-5-15-6-4-10/h3-7,9,12,16H,1-2,8H2. The summed E-state index contributed by atoms with van der Waals surface area (Å²) in [6.45, 7) is 0. The summed E-state index contributed by atoms with van der Waals surface area (Å²) in [6, 6.07) is 6.06. The maximum Gasteiger partial charge on any atom is 0.0591 e. The molecule has 0 radical (unpaired) electrons. The molecule has 0 bridgehead atoms. The molecule has 2 nitrogen and oxygen atoms in total. The maximum atomic E-state index is 9.95.